The molecule has 2 saturated heterocycles. The van der Waals surface area contributed by atoms with Gasteiger partial charge in [-0.3, -0.25) is 4.90 Å². The van der Waals surface area contributed by atoms with Crippen LogP contribution >= 0.6 is 15.9 Å². The minimum Gasteiger partial charge on any atom is -0.473 e. The SMILES string of the molecule is CC[C@]12CCC(C)(CC(Oc3ccc(Br)nn3)C1)N2C(=O)OC(C)(C)C. The molecular formula is C19H28BrN3O3. The van der Waals surface area contributed by atoms with E-state index in [2.05, 4.69) is 40.0 Å². The molecule has 1 aromatic heterocycles. The second-order valence-corrected chi connectivity index (χ2v) is 9.55. The first-order valence-electron chi connectivity index (χ1n) is 9.26. The van der Waals surface area contributed by atoms with Gasteiger partial charge in [-0.1, -0.05) is 6.92 Å². The van der Waals surface area contributed by atoms with Gasteiger partial charge in [0.15, 0.2) is 0 Å². The van der Waals surface area contributed by atoms with Crippen molar-refractivity contribution in [2.24, 2.45) is 0 Å². The maximum atomic E-state index is 13.0. The van der Waals surface area contributed by atoms with Crippen molar-refractivity contribution in [1.82, 2.24) is 15.1 Å². The Labute approximate surface area is 163 Å². The second kappa shape index (κ2) is 6.66. The Morgan fingerprint density at radius 3 is 2.62 bits per heavy atom. The number of carbonyl (C=O) groups is 1. The maximum absolute atomic E-state index is 13.0. The maximum Gasteiger partial charge on any atom is 0.411 e. The Kier molecular flexibility index (Phi) is 4.97. The Morgan fingerprint density at radius 1 is 1.31 bits per heavy atom. The van der Waals surface area contributed by atoms with Crippen LogP contribution in [-0.2, 0) is 4.74 Å². The highest BCUT2D eigenvalue weighted by atomic mass is 79.9. The lowest BCUT2D eigenvalue weighted by atomic mass is 9.81. The van der Waals surface area contributed by atoms with Crippen LogP contribution in [0.2, 0.25) is 0 Å². The number of piperidine rings is 1. The summed E-state index contributed by atoms with van der Waals surface area (Å²) in [4.78, 5) is 15.0. The number of ether oxygens (including phenoxy) is 2. The van der Waals surface area contributed by atoms with Crippen LogP contribution in [0.5, 0.6) is 5.88 Å². The average Bonchev–Trinajstić information content (AvgIpc) is 2.72. The number of nitrogens with zero attached hydrogens (tertiary/aromatic N) is 3. The number of halogens is 1. The minimum absolute atomic E-state index is 0.0108. The zero-order valence-electron chi connectivity index (χ0n) is 16.2. The van der Waals surface area contributed by atoms with Crippen LogP contribution in [-0.4, -0.2) is 44.0 Å². The molecular weight excluding hydrogens is 398 g/mol. The molecule has 0 aliphatic carbocycles. The monoisotopic (exact) mass is 425 g/mol. The summed E-state index contributed by atoms with van der Waals surface area (Å²) in [6.45, 7) is 10.0. The third-order valence-corrected chi connectivity index (χ3v) is 5.97. The molecule has 2 fully saturated rings. The lowest BCUT2D eigenvalue weighted by molar-refractivity contribution is -0.0651. The van der Waals surface area contributed by atoms with Gasteiger partial charge in [-0.15, -0.1) is 10.2 Å². The molecule has 0 saturated carbocycles. The molecule has 1 aromatic rings. The van der Waals surface area contributed by atoms with Crippen LogP contribution < -0.4 is 4.74 Å². The fourth-order valence-corrected chi connectivity index (χ4v) is 4.70. The average molecular weight is 426 g/mol. The quantitative estimate of drug-likeness (QED) is 0.700. The molecule has 7 heteroatoms. The third-order valence-electron chi connectivity index (χ3n) is 5.55. The first kappa shape index (κ1) is 19.4. The van der Waals surface area contributed by atoms with Crippen LogP contribution in [0.4, 0.5) is 4.79 Å². The molecule has 144 valence electrons. The summed E-state index contributed by atoms with van der Waals surface area (Å²) in [5.74, 6) is 0.526. The van der Waals surface area contributed by atoms with E-state index in [0.29, 0.717) is 10.5 Å². The predicted octanol–water partition coefficient (Wildman–Crippen LogP) is 4.72. The predicted molar refractivity (Wildman–Crippen MR) is 102 cm³/mol. The number of fused-ring (bicyclic) bond motifs is 2. The van der Waals surface area contributed by atoms with Crippen molar-refractivity contribution in [3.8, 4) is 5.88 Å². The third kappa shape index (κ3) is 3.68. The summed E-state index contributed by atoms with van der Waals surface area (Å²) < 4.78 is 12.6. The largest absolute Gasteiger partial charge is 0.473 e. The first-order chi connectivity index (χ1) is 12.1. The normalized spacial score (nSPS) is 31.0. The molecule has 2 unspecified atom stereocenters. The van der Waals surface area contributed by atoms with Crippen molar-refractivity contribution in [3.05, 3.63) is 16.7 Å². The number of rotatable bonds is 3. The molecule has 0 radical (unpaired) electrons. The molecule has 2 aliphatic heterocycles. The first-order valence-corrected chi connectivity index (χ1v) is 10.1. The van der Waals surface area contributed by atoms with Gasteiger partial charge in [0.25, 0.3) is 0 Å². The molecule has 0 N–H and O–H groups in total. The van der Waals surface area contributed by atoms with Gasteiger partial charge in [0.05, 0.1) is 5.54 Å². The summed E-state index contributed by atoms with van der Waals surface area (Å²) in [5, 5.41) is 8.09. The van der Waals surface area contributed by atoms with Crippen molar-refractivity contribution in [2.45, 2.75) is 89.5 Å². The summed E-state index contributed by atoms with van der Waals surface area (Å²) in [6, 6.07) is 3.64. The van der Waals surface area contributed by atoms with Crippen LogP contribution in [0.15, 0.2) is 16.7 Å². The van der Waals surface area contributed by atoms with Gasteiger partial charge in [-0.25, -0.2) is 4.79 Å². The van der Waals surface area contributed by atoms with Crippen molar-refractivity contribution in [3.63, 3.8) is 0 Å². The van der Waals surface area contributed by atoms with Crippen LogP contribution in [0, 0.1) is 0 Å². The molecule has 2 aliphatic rings. The van der Waals surface area contributed by atoms with E-state index >= 15 is 0 Å². The van der Waals surface area contributed by atoms with Gasteiger partial charge in [0.1, 0.15) is 16.3 Å². The van der Waals surface area contributed by atoms with E-state index in [-0.39, 0.29) is 23.3 Å². The topological polar surface area (TPSA) is 64.6 Å². The lowest BCUT2D eigenvalue weighted by Crippen LogP contribution is -2.62. The van der Waals surface area contributed by atoms with Crippen LogP contribution in [0.3, 0.4) is 0 Å². The van der Waals surface area contributed by atoms with Gasteiger partial charge in [-0.05, 0) is 69.0 Å². The highest BCUT2D eigenvalue weighted by Crippen LogP contribution is 2.53. The standard InChI is InChI=1S/C19H28BrN3O3/c1-6-19-10-9-18(5,23(19)16(24)26-17(2,3)4)11-13(12-19)25-15-8-7-14(20)21-22-15/h7-8,13H,6,9-12H2,1-5H3/t13?,18?,19-/m0/s1. The smallest absolute Gasteiger partial charge is 0.411 e. The van der Waals surface area contributed by atoms with Gasteiger partial charge < -0.3 is 9.47 Å². The Balaban J connectivity index is 1.82. The molecule has 2 bridgehead atoms. The Hall–Kier alpha value is -1.37. The fraction of sp³-hybridized carbons (Fsp3) is 0.737. The van der Waals surface area contributed by atoms with Crippen molar-refractivity contribution in [2.75, 3.05) is 0 Å². The summed E-state index contributed by atoms with van der Waals surface area (Å²) in [6.07, 6.45) is 4.19. The van der Waals surface area contributed by atoms with E-state index in [0.717, 1.165) is 32.1 Å². The van der Waals surface area contributed by atoms with Gasteiger partial charge in [0.2, 0.25) is 5.88 Å². The van der Waals surface area contributed by atoms with Gasteiger partial charge >= 0.3 is 6.09 Å². The molecule has 3 heterocycles. The van der Waals surface area contributed by atoms with Crippen LogP contribution in [0.25, 0.3) is 0 Å². The molecule has 1 amide bonds. The number of hydrogen-bond donors (Lipinski definition) is 0. The van der Waals surface area contributed by atoms with Crippen molar-refractivity contribution >= 4 is 22.0 Å². The number of hydrogen-bond acceptors (Lipinski definition) is 5. The zero-order valence-corrected chi connectivity index (χ0v) is 17.8. The Bertz CT molecular complexity index is 676. The number of aromatic nitrogens is 2. The molecule has 3 atom stereocenters. The van der Waals surface area contributed by atoms with Gasteiger partial charge in [0, 0.05) is 24.4 Å². The summed E-state index contributed by atoms with van der Waals surface area (Å²) in [7, 11) is 0. The number of amides is 1. The zero-order chi connectivity index (χ0) is 19.2. The minimum atomic E-state index is -0.498. The summed E-state index contributed by atoms with van der Waals surface area (Å²) >= 11 is 3.29. The fourth-order valence-electron chi connectivity index (χ4n) is 4.49. The number of carbonyl (C=O) groups excluding carboxylic acids is 1. The van der Waals surface area contributed by atoms with E-state index in [1.165, 1.54) is 0 Å². The van der Waals surface area contributed by atoms with E-state index in [1.54, 1.807) is 0 Å². The van der Waals surface area contributed by atoms with Crippen molar-refractivity contribution < 1.29 is 14.3 Å². The van der Waals surface area contributed by atoms with E-state index in [1.807, 2.05) is 37.8 Å². The highest BCUT2D eigenvalue weighted by molar-refractivity contribution is 9.10. The summed E-state index contributed by atoms with van der Waals surface area (Å²) in [5.41, 5.74) is -0.977. The van der Waals surface area contributed by atoms with Crippen LogP contribution in [0.1, 0.15) is 66.7 Å². The van der Waals surface area contributed by atoms with Crippen molar-refractivity contribution in [1.29, 1.82) is 0 Å². The molecule has 3 rings (SSSR count). The molecule has 6 nitrogen and oxygen atoms in total. The van der Waals surface area contributed by atoms with Gasteiger partial charge in [-0.2, -0.15) is 0 Å². The van der Waals surface area contributed by atoms with E-state index < -0.39 is 5.60 Å². The molecule has 0 aromatic carbocycles. The Morgan fingerprint density at radius 2 is 2.04 bits per heavy atom. The van der Waals surface area contributed by atoms with E-state index in [9.17, 15) is 4.79 Å². The lowest BCUT2D eigenvalue weighted by Gasteiger charge is -2.51. The van der Waals surface area contributed by atoms with E-state index in [4.69, 9.17) is 9.47 Å². The molecule has 0 spiro atoms. The second-order valence-electron chi connectivity index (χ2n) is 8.73. The molecule has 26 heavy (non-hydrogen) atoms. The highest BCUT2D eigenvalue weighted by Gasteiger charge is 2.60.